The van der Waals surface area contributed by atoms with E-state index in [4.69, 9.17) is 5.11 Å². The monoisotopic (exact) mass is 270 g/mol. The molecular formula is C14H26N2O3. The minimum Gasteiger partial charge on any atom is -0.480 e. The van der Waals surface area contributed by atoms with Gasteiger partial charge in [0.15, 0.2) is 0 Å². The van der Waals surface area contributed by atoms with Gasteiger partial charge in [-0.1, -0.05) is 26.7 Å². The van der Waals surface area contributed by atoms with Crippen molar-refractivity contribution in [1.29, 1.82) is 0 Å². The first-order chi connectivity index (χ1) is 9.00. The van der Waals surface area contributed by atoms with Crippen molar-refractivity contribution in [3.05, 3.63) is 0 Å². The molecule has 0 aromatic carbocycles. The van der Waals surface area contributed by atoms with Crippen molar-refractivity contribution < 1.29 is 14.7 Å². The van der Waals surface area contributed by atoms with Crippen molar-refractivity contribution >= 4 is 12.0 Å². The highest BCUT2D eigenvalue weighted by Crippen LogP contribution is 2.23. The molecule has 5 nitrogen and oxygen atoms in total. The molecule has 2 amide bonds. The SMILES string of the molecule is CC(C)CCCNC(=O)N(CC(=O)O)C1CCCC1. The number of amides is 2. The quantitative estimate of drug-likeness (QED) is 0.698. The van der Waals surface area contributed by atoms with Gasteiger partial charge in [0.1, 0.15) is 6.54 Å². The summed E-state index contributed by atoms with van der Waals surface area (Å²) in [7, 11) is 0. The van der Waals surface area contributed by atoms with Gasteiger partial charge in [-0.25, -0.2) is 4.79 Å². The Hall–Kier alpha value is -1.26. The summed E-state index contributed by atoms with van der Waals surface area (Å²) in [4.78, 5) is 24.4. The highest BCUT2D eigenvalue weighted by molar-refractivity contribution is 5.80. The zero-order chi connectivity index (χ0) is 14.3. The Morgan fingerprint density at radius 2 is 1.95 bits per heavy atom. The molecular weight excluding hydrogens is 244 g/mol. The Morgan fingerprint density at radius 1 is 1.32 bits per heavy atom. The Kier molecular flexibility index (Phi) is 6.67. The molecule has 0 spiro atoms. The number of hydrogen-bond acceptors (Lipinski definition) is 2. The van der Waals surface area contributed by atoms with Gasteiger partial charge < -0.3 is 15.3 Å². The van der Waals surface area contributed by atoms with Crippen LogP contribution in [0.2, 0.25) is 0 Å². The smallest absolute Gasteiger partial charge is 0.323 e. The summed E-state index contributed by atoms with van der Waals surface area (Å²) in [5.41, 5.74) is 0. The Balaban J connectivity index is 2.40. The lowest BCUT2D eigenvalue weighted by Gasteiger charge is -2.27. The molecule has 0 aromatic heterocycles. The second-order valence-corrected chi connectivity index (χ2v) is 5.73. The van der Waals surface area contributed by atoms with Crippen LogP contribution in [0.15, 0.2) is 0 Å². The van der Waals surface area contributed by atoms with Crippen molar-refractivity contribution in [3.63, 3.8) is 0 Å². The standard InChI is InChI=1S/C14H26N2O3/c1-11(2)6-5-9-15-14(19)16(10-13(17)18)12-7-3-4-8-12/h11-12H,3-10H2,1-2H3,(H,15,19)(H,17,18). The maximum Gasteiger partial charge on any atom is 0.323 e. The maximum atomic E-state index is 12.1. The summed E-state index contributed by atoms with van der Waals surface area (Å²) >= 11 is 0. The molecule has 1 aliphatic carbocycles. The van der Waals surface area contributed by atoms with Crippen LogP contribution in [-0.2, 0) is 4.79 Å². The maximum absolute atomic E-state index is 12.1. The molecule has 0 aliphatic heterocycles. The number of hydrogen-bond donors (Lipinski definition) is 2. The van der Waals surface area contributed by atoms with E-state index in [1.807, 2.05) is 0 Å². The van der Waals surface area contributed by atoms with Crippen LogP contribution in [0.1, 0.15) is 52.4 Å². The zero-order valence-corrected chi connectivity index (χ0v) is 12.0. The topological polar surface area (TPSA) is 69.6 Å². The average molecular weight is 270 g/mol. The van der Waals surface area contributed by atoms with Crippen LogP contribution in [-0.4, -0.2) is 41.1 Å². The minimum absolute atomic E-state index is 0.0983. The van der Waals surface area contributed by atoms with E-state index in [9.17, 15) is 9.59 Å². The summed E-state index contributed by atoms with van der Waals surface area (Å²) in [6.45, 7) is 4.73. The van der Waals surface area contributed by atoms with Crippen molar-refractivity contribution in [2.75, 3.05) is 13.1 Å². The van der Waals surface area contributed by atoms with Crippen molar-refractivity contribution in [3.8, 4) is 0 Å². The molecule has 1 fully saturated rings. The lowest BCUT2D eigenvalue weighted by molar-refractivity contribution is -0.138. The molecule has 1 aliphatic rings. The molecule has 0 bridgehead atoms. The Labute approximate surface area is 115 Å². The number of carboxylic acids is 1. The molecule has 0 atom stereocenters. The van der Waals surface area contributed by atoms with E-state index in [1.54, 1.807) is 0 Å². The third kappa shape index (κ3) is 5.94. The van der Waals surface area contributed by atoms with E-state index in [2.05, 4.69) is 19.2 Å². The number of nitrogens with one attached hydrogen (secondary N) is 1. The van der Waals surface area contributed by atoms with Gasteiger partial charge in [0.2, 0.25) is 0 Å². The second-order valence-electron chi connectivity index (χ2n) is 5.73. The van der Waals surface area contributed by atoms with Gasteiger partial charge in [-0.2, -0.15) is 0 Å². The van der Waals surface area contributed by atoms with Crippen LogP contribution >= 0.6 is 0 Å². The largest absolute Gasteiger partial charge is 0.480 e. The third-order valence-electron chi connectivity index (χ3n) is 3.57. The number of rotatable bonds is 7. The molecule has 1 saturated carbocycles. The number of urea groups is 1. The van der Waals surface area contributed by atoms with Crippen molar-refractivity contribution in [2.45, 2.75) is 58.4 Å². The van der Waals surface area contributed by atoms with Gasteiger partial charge >= 0.3 is 12.0 Å². The van der Waals surface area contributed by atoms with Crippen LogP contribution in [0.25, 0.3) is 0 Å². The summed E-state index contributed by atoms with van der Waals surface area (Å²) in [6, 6.07) is -0.126. The van der Waals surface area contributed by atoms with Gasteiger partial charge in [0.05, 0.1) is 0 Å². The first-order valence-corrected chi connectivity index (χ1v) is 7.27. The van der Waals surface area contributed by atoms with E-state index in [0.717, 1.165) is 38.5 Å². The fourth-order valence-corrected chi connectivity index (χ4v) is 2.54. The number of aliphatic carboxylic acids is 1. The second kappa shape index (κ2) is 8.02. The predicted molar refractivity (Wildman–Crippen MR) is 74.1 cm³/mol. The van der Waals surface area contributed by atoms with Crippen molar-refractivity contribution in [2.24, 2.45) is 5.92 Å². The van der Waals surface area contributed by atoms with Gasteiger partial charge in [-0.05, 0) is 31.6 Å². The first kappa shape index (κ1) is 15.8. The highest BCUT2D eigenvalue weighted by atomic mass is 16.4. The lowest BCUT2D eigenvalue weighted by Crippen LogP contribution is -2.47. The highest BCUT2D eigenvalue weighted by Gasteiger charge is 2.27. The number of nitrogens with zero attached hydrogens (tertiary/aromatic N) is 1. The molecule has 0 radical (unpaired) electrons. The minimum atomic E-state index is -0.941. The predicted octanol–water partition coefficient (Wildman–Crippen LogP) is 2.46. The molecule has 0 saturated heterocycles. The fourth-order valence-electron chi connectivity index (χ4n) is 2.54. The molecule has 5 heteroatoms. The molecule has 2 N–H and O–H groups in total. The molecule has 0 aromatic rings. The van der Waals surface area contributed by atoms with E-state index in [-0.39, 0.29) is 18.6 Å². The summed E-state index contributed by atoms with van der Waals surface area (Å²) in [5, 5.41) is 11.8. The summed E-state index contributed by atoms with van der Waals surface area (Å²) in [5.74, 6) is -0.314. The van der Waals surface area contributed by atoms with Gasteiger partial charge in [-0.15, -0.1) is 0 Å². The van der Waals surface area contributed by atoms with Crippen LogP contribution in [0.5, 0.6) is 0 Å². The Bertz CT molecular complexity index is 299. The normalized spacial score (nSPS) is 15.7. The lowest BCUT2D eigenvalue weighted by atomic mass is 10.1. The fraction of sp³-hybridized carbons (Fsp3) is 0.857. The van der Waals surface area contributed by atoms with Gasteiger partial charge in [0, 0.05) is 12.6 Å². The van der Waals surface area contributed by atoms with E-state index in [0.29, 0.717) is 12.5 Å². The molecule has 19 heavy (non-hydrogen) atoms. The van der Waals surface area contributed by atoms with Crippen molar-refractivity contribution in [1.82, 2.24) is 10.2 Å². The third-order valence-corrected chi connectivity index (χ3v) is 3.57. The molecule has 0 heterocycles. The zero-order valence-electron chi connectivity index (χ0n) is 12.0. The molecule has 1 rings (SSSR count). The number of carboxylic acid groups (broad SMARTS) is 1. The van der Waals surface area contributed by atoms with Gasteiger partial charge in [-0.3, -0.25) is 4.79 Å². The first-order valence-electron chi connectivity index (χ1n) is 7.27. The van der Waals surface area contributed by atoms with Crippen LogP contribution in [0, 0.1) is 5.92 Å². The summed E-state index contributed by atoms with van der Waals surface area (Å²) < 4.78 is 0. The summed E-state index contributed by atoms with van der Waals surface area (Å²) in [6.07, 6.45) is 6.03. The molecule has 0 unspecified atom stereocenters. The number of carbonyl (C=O) groups is 2. The van der Waals surface area contributed by atoms with E-state index >= 15 is 0 Å². The van der Waals surface area contributed by atoms with E-state index < -0.39 is 5.97 Å². The molecule has 110 valence electrons. The Morgan fingerprint density at radius 3 is 2.47 bits per heavy atom. The number of carbonyl (C=O) groups excluding carboxylic acids is 1. The average Bonchev–Trinajstić information content (AvgIpc) is 2.84. The van der Waals surface area contributed by atoms with Crippen LogP contribution < -0.4 is 5.32 Å². The van der Waals surface area contributed by atoms with Crippen LogP contribution in [0.3, 0.4) is 0 Å². The van der Waals surface area contributed by atoms with E-state index in [1.165, 1.54) is 4.90 Å². The van der Waals surface area contributed by atoms with Crippen LogP contribution in [0.4, 0.5) is 4.79 Å². The van der Waals surface area contributed by atoms with Gasteiger partial charge in [0.25, 0.3) is 0 Å².